The van der Waals surface area contributed by atoms with Crippen LogP contribution < -0.4 is 5.73 Å². The Bertz CT molecular complexity index is 132. The van der Waals surface area contributed by atoms with Gasteiger partial charge in [0.05, 0.1) is 17.5 Å². The van der Waals surface area contributed by atoms with Crippen LogP contribution in [0.15, 0.2) is 0 Å². The molecule has 1 rings (SSSR count). The lowest BCUT2D eigenvalue weighted by molar-refractivity contribution is -0.0198. The number of nitrogens with two attached hydrogens (primary N) is 1. The second-order valence-electron chi connectivity index (χ2n) is 2.75. The van der Waals surface area contributed by atoms with Crippen LogP contribution in [-0.2, 0) is 0 Å². The van der Waals surface area contributed by atoms with E-state index in [4.69, 9.17) is 10.8 Å². The molecule has 5 atom stereocenters. The Labute approximate surface area is 69.4 Å². The molecular formula is C6H13NO3S. The summed E-state index contributed by atoms with van der Waals surface area (Å²) in [7, 11) is 0. The molecule has 0 aromatic rings. The molecule has 0 aromatic carbocycles. The van der Waals surface area contributed by atoms with Crippen molar-refractivity contribution in [2.24, 2.45) is 5.73 Å². The van der Waals surface area contributed by atoms with Crippen LogP contribution in [0, 0.1) is 0 Å². The minimum Gasteiger partial charge on any atom is -0.389 e. The molecule has 0 amide bonds. The summed E-state index contributed by atoms with van der Waals surface area (Å²) >= 11 is 1.36. The molecule has 0 aromatic heterocycles. The molecule has 0 radical (unpaired) electrons. The van der Waals surface area contributed by atoms with E-state index in [1.165, 1.54) is 11.8 Å². The van der Waals surface area contributed by atoms with Crippen LogP contribution in [0.25, 0.3) is 0 Å². The summed E-state index contributed by atoms with van der Waals surface area (Å²) in [6, 6.07) is -0.532. The van der Waals surface area contributed by atoms with Crippen LogP contribution in [-0.4, -0.2) is 51.2 Å². The fourth-order valence-electron chi connectivity index (χ4n) is 1.34. The standard InChI is InChI=1S/C6H13NO3S/c1-11-6-2(7)3(8)4(9)5(6)10/h2-6,8-10H,7H2,1H3/t2-,3+,4+,5+,6+/m0/s1. The van der Waals surface area contributed by atoms with E-state index in [1.807, 2.05) is 0 Å². The van der Waals surface area contributed by atoms with Crippen LogP contribution in [0.2, 0.25) is 0 Å². The first kappa shape index (κ1) is 9.28. The van der Waals surface area contributed by atoms with Gasteiger partial charge in [0.1, 0.15) is 6.10 Å². The van der Waals surface area contributed by atoms with Gasteiger partial charge in [0.15, 0.2) is 0 Å². The quantitative estimate of drug-likeness (QED) is 0.379. The number of rotatable bonds is 1. The molecule has 5 heteroatoms. The predicted molar refractivity (Wildman–Crippen MR) is 43.3 cm³/mol. The molecule has 0 bridgehead atoms. The van der Waals surface area contributed by atoms with Gasteiger partial charge in [-0.05, 0) is 6.26 Å². The molecule has 66 valence electrons. The Hall–Kier alpha value is 0.190. The zero-order chi connectivity index (χ0) is 8.59. The van der Waals surface area contributed by atoms with E-state index in [-0.39, 0.29) is 5.25 Å². The fourth-order valence-corrected chi connectivity index (χ4v) is 2.26. The van der Waals surface area contributed by atoms with Crippen LogP contribution in [0.5, 0.6) is 0 Å². The third kappa shape index (κ3) is 1.39. The monoisotopic (exact) mass is 179 g/mol. The summed E-state index contributed by atoms with van der Waals surface area (Å²) in [6.45, 7) is 0. The number of aliphatic hydroxyl groups is 3. The lowest BCUT2D eigenvalue weighted by atomic mass is 10.2. The Balaban J connectivity index is 2.69. The van der Waals surface area contributed by atoms with Crippen molar-refractivity contribution in [2.75, 3.05) is 6.26 Å². The first-order valence-corrected chi connectivity index (χ1v) is 4.71. The molecule has 11 heavy (non-hydrogen) atoms. The van der Waals surface area contributed by atoms with Gasteiger partial charge in [0, 0.05) is 6.04 Å². The highest BCUT2D eigenvalue weighted by Gasteiger charge is 2.46. The molecule has 5 N–H and O–H groups in total. The summed E-state index contributed by atoms with van der Waals surface area (Å²) in [5, 5.41) is 27.4. The minimum absolute atomic E-state index is 0.264. The van der Waals surface area contributed by atoms with Crippen LogP contribution in [0.1, 0.15) is 0 Å². The van der Waals surface area contributed by atoms with Gasteiger partial charge in [-0.25, -0.2) is 0 Å². The topological polar surface area (TPSA) is 86.7 Å². The van der Waals surface area contributed by atoms with Gasteiger partial charge in [-0.15, -0.1) is 0 Å². The van der Waals surface area contributed by atoms with Crippen molar-refractivity contribution in [3.63, 3.8) is 0 Å². The summed E-state index contributed by atoms with van der Waals surface area (Å²) < 4.78 is 0. The van der Waals surface area contributed by atoms with Gasteiger partial charge >= 0.3 is 0 Å². The molecular weight excluding hydrogens is 166 g/mol. The van der Waals surface area contributed by atoms with Crippen molar-refractivity contribution in [1.82, 2.24) is 0 Å². The zero-order valence-electron chi connectivity index (χ0n) is 6.21. The summed E-state index contributed by atoms with van der Waals surface area (Å²) in [4.78, 5) is 0. The molecule has 4 nitrogen and oxygen atoms in total. The predicted octanol–water partition coefficient (Wildman–Crippen LogP) is -1.86. The Kier molecular flexibility index (Phi) is 2.77. The number of hydrogen-bond donors (Lipinski definition) is 4. The van der Waals surface area contributed by atoms with Gasteiger partial charge in [-0.1, -0.05) is 0 Å². The molecule has 0 spiro atoms. The largest absolute Gasteiger partial charge is 0.389 e. The highest BCUT2D eigenvalue weighted by Crippen LogP contribution is 2.28. The first-order chi connectivity index (χ1) is 5.09. The number of aliphatic hydroxyl groups excluding tert-OH is 3. The van der Waals surface area contributed by atoms with Crippen LogP contribution >= 0.6 is 11.8 Å². The van der Waals surface area contributed by atoms with E-state index in [2.05, 4.69) is 0 Å². The van der Waals surface area contributed by atoms with Gasteiger partial charge in [-0.3, -0.25) is 0 Å². The van der Waals surface area contributed by atoms with E-state index in [9.17, 15) is 10.2 Å². The molecule has 0 heterocycles. The lowest BCUT2D eigenvalue weighted by Crippen LogP contribution is -2.39. The van der Waals surface area contributed by atoms with Crippen molar-refractivity contribution in [1.29, 1.82) is 0 Å². The first-order valence-electron chi connectivity index (χ1n) is 3.42. The molecule has 0 unspecified atom stereocenters. The highest BCUT2D eigenvalue weighted by atomic mass is 32.2. The van der Waals surface area contributed by atoms with E-state index in [0.29, 0.717) is 0 Å². The Morgan fingerprint density at radius 2 is 1.64 bits per heavy atom. The van der Waals surface area contributed by atoms with E-state index in [1.54, 1.807) is 6.26 Å². The Morgan fingerprint density at radius 1 is 1.09 bits per heavy atom. The maximum absolute atomic E-state index is 9.29. The normalized spacial score (nSPS) is 51.5. The third-order valence-corrected chi connectivity index (χ3v) is 3.22. The van der Waals surface area contributed by atoms with Gasteiger partial charge < -0.3 is 21.1 Å². The molecule has 1 aliphatic carbocycles. The van der Waals surface area contributed by atoms with Crippen molar-refractivity contribution in [3.8, 4) is 0 Å². The molecule has 1 aliphatic rings. The van der Waals surface area contributed by atoms with Gasteiger partial charge in [0.2, 0.25) is 0 Å². The van der Waals surface area contributed by atoms with Crippen molar-refractivity contribution in [2.45, 2.75) is 29.6 Å². The summed E-state index contributed by atoms with van der Waals surface area (Å²) in [5.74, 6) is 0. The number of hydrogen-bond acceptors (Lipinski definition) is 5. The smallest absolute Gasteiger partial charge is 0.108 e. The van der Waals surface area contributed by atoms with E-state index in [0.717, 1.165) is 0 Å². The highest BCUT2D eigenvalue weighted by molar-refractivity contribution is 7.99. The van der Waals surface area contributed by atoms with Gasteiger partial charge in [-0.2, -0.15) is 11.8 Å². The molecule has 1 fully saturated rings. The van der Waals surface area contributed by atoms with Crippen LogP contribution in [0.4, 0.5) is 0 Å². The average Bonchev–Trinajstić information content (AvgIpc) is 2.17. The maximum atomic E-state index is 9.29. The van der Waals surface area contributed by atoms with Crippen molar-refractivity contribution in [3.05, 3.63) is 0 Å². The fraction of sp³-hybridized carbons (Fsp3) is 1.00. The third-order valence-electron chi connectivity index (χ3n) is 2.08. The number of thioether (sulfide) groups is 1. The lowest BCUT2D eigenvalue weighted by Gasteiger charge is -2.15. The summed E-state index contributed by atoms with van der Waals surface area (Å²) in [5.41, 5.74) is 5.52. The SMILES string of the molecule is CS[C@@H]1[C@@H](N)[C@@H](O)[C@@H](O)[C@H]1O. The molecule has 0 aliphatic heterocycles. The second kappa shape index (κ2) is 3.28. The minimum atomic E-state index is -1.09. The molecule has 1 saturated carbocycles. The summed E-state index contributed by atoms with van der Waals surface area (Å²) in [6.07, 6.45) is -1.21. The zero-order valence-corrected chi connectivity index (χ0v) is 7.03. The van der Waals surface area contributed by atoms with Crippen LogP contribution in [0.3, 0.4) is 0 Å². The Morgan fingerprint density at radius 3 is 1.82 bits per heavy atom. The second-order valence-corrected chi connectivity index (χ2v) is 3.77. The van der Waals surface area contributed by atoms with Gasteiger partial charge in [0.25, 0.3) is 0 Å². The van der Waals surface area contributed by atoms with Crippen molar-refractivity contribution >= 4 is 11.8 Å². The van der Waals surface area contributed by atoms with Crippen molar-refractivity contribution < 1.29 is 15.3 Å². The van der Waals surface area contributed by atoms with E-state index >= 15 is 0 Å². The molecule has 0 saturated heterocycles. The maximum Gasteiger partial charge on any atom is 0.108 e. The van der Waals surface area contributed by atoms with E-state index < -0.39 is 24.4 Å². The average molecular weight is 179 g/mol.